The molecule has 0 saturated heterocycles. The van der Waals surface area contributed by atoms with Crippen LogP contribution < -0.4 is 16.2 Å². The number of para-hydroxylation sites is 1. The smallest absolute Gasteiger partial charge is 0.308 e. The zero-order chi connectivity index (χ0) is 23.4. The average Bonchev–Trinajstić information content (AvgIpc) is 3.15. The summed E-state index contributed by atoms with van der Waals surface area (Å²) in [6, 6.07) is 15.5. The molecule has 0 spiro atoms. The van der Waals surface area contributed by atoms with Gasteiger partial charge >= 0.3 is 6.03 Å². The molecule has 4 aromatic rings. The molecule has 33 heavy (non-hydrogen) atoms. The third-order valence-electron chi connectivity index (χ3n) is 4.64. The molecule has 2 amide bonds. The zero-order valence-corrected chi connectivity index (χ0v) is 19.7. The predicted molar refractivity (Wildman–Crippen MR) is 132 cm³/mol. The first-order chi connectivity index (χ1) is 15.9. The Bertz CT molecular complexity index is 1350. The molecule has 0 aliphatic rings. The summed E-state index contributed by atoms with van der Waals surface area (Å²) in [5, 5.41) is 6.17. The summed E-state index contributed by atoms with van der Waals surface area (Å²) in [6.45, 7) is 4.84. The maximum absolute atomic E-state index is 12.7. The van der Waals surface area contributed by atoms with Crippen LogP contribution in [0.5, 0.6) is 0 Å². The molecule has 2 N–H and O–H groups in total. The van der Waals surface area contributed by atoms with Gasteiger partial charge in [0.1, 0.15) is 6.33 Å². The fourth-order valence-electron chi connectivity index (χ4n) is 3.28. The highest BCUT2D eigenvalue weighted by Gasteiger charge is 2.12. The van der Waals surface area contributed by atoms with Gasteiger partial charge in [0, 0.05) is 34.0 Å². The Labute approximate surface area is 200 Å². The first-order valence-corrected chi connectivity index (χ1v) is 11.7. The molecular formula is C23H23ClN6O2S. The number of anilines is 2. The molecule has 0 fully saturated rings. The van der Waals surface area contributed by atoms with E-state index in [0.29, 0.717) is 46.1 Å². The number of nitrogens with zero attached hydrogens (tertiary/aromatic N) is 4. The van der Waals surface area contributed by atoms with Crippen molar-refractivity contribution in [3.8, 4) is 0 Å². The normalized spacial score (nSPS) is 11.2. The van der Waals surface area contributed by atoms with Crippen LogP contribution in [0, 0.1) is 5.92 Å². The van der Waals surface area contributed by atoms with Crippen molar-refractivity contribution in [2.75, 3.05) is 10.6 Å². The van der Waals surface area contributed by atoms with Crippen molar-refractivity contribution in [2.24, 2.45) is 5.92 Å². The maximum atomic E-state index is 12.7. The van der Waals surface area contributed by atoms with Crippen LogP contribution >= 0.6 is 23.4 Å². The molecule has 2 aromatic carbocycles. The van der Waals surface area contributed by atoms with Crippen molar-refractivity contribution in [1.82, 2.24) is 19.2 Å². The second kappa shape index (κ2) is 10.1. The van der Waals surface area contributed by atoms with Gasteiger partial charge in [-0.15, -0.1) is 11.8 Å². The number of urea groups is 1. The molecule has 10 heteroatoms. The van der Waals surface area contributed by atoms with E-state index in [-0.39, 0.29) is 11.6 Å². The van der Waals surface area contributed by atoms with Crippen LogP contribution in [-0.4, -0.2) is 25.2 Å². The summed E-state index contributed by atoms with van der Waals surface area (Å²) >= 11 is 7.45. The lowest BCUT2D eigenvalue weighted by Crippen LogP contribution is -2.22. The Morgan fingerprint density at radius 2 is 1.94 bits per heavy atom. The Hall–Kier alpha value is -3.30. The van der Waals surface area contributed by atoms with Gasteiger partial charge in [0.05, 0.1) is 11.4 Å². The predicted octanol–water partition coefficient (Wildman–Crippen LogP) is 5.14. The number of hydrogen-bond acceptors (Lipinski definition) is 5. The third-order valence-corrected chi connectivity index (χ3v) is 5.98. The number of carbonyl (C=O) groups excluding carboxylic acids is 1. The molecule has 8 nitrogen and oxygen atoms in total. The van der Waals surface area contributed by atoms with E-state index in [1.807, 2.05) is 24.3 Å². The molecule has 0 bridgehead atoms. The van der Waals surface area contributed by atoms with E-state index < -0.39 is 0 Å². The minimum atomic E-state index is -0.376. The van der Waals surface area contributed by atoms with E-state index in [1.165, 1.54) is 22.3 Å². The Morgan fingerprint density at radius 3 is 2.73 bits per heavy atom. The maximum Gasteiger partial charge on any atom is 0.323 e. The van der Waals surface area contributed by atoms with Crippen molar-refractivity contribution in [3.63, 3.8) is 0 Å². The second-order valence-corrected chi connectivity index (χ2v) is 9.29. The summed E-state index contributed by atoms with van der Waals surface area (Å²) in [4.78, 5) is 34.8. The molecule has 0 aliphatic heterocycles. The first kappa shape index (κ1) is 22.9. The number of amides is 2. The summed E-state index contributed by atoms with van der Waals surface area (Å²) in [7, 11) is 0. The van der Waals surface area contributed by atoms with Crippen LogP contribution in [0.15, 0.2) is 70.6 Å². The first-order valence-electron chi connectivity index (χ1n) is 10.4. The molecule has 170 valence electrons. The van der Waals surface area contributed by atoms with E-state index in [0.717, 1.165) is 4.90 Å². The van der Waals surface area contributed by atoms with E-state index in [9.17, 15) is 9.59 Å². The molecular weight excluding hydrogens is 460 g/mol. The Balaban J connectivity index is 1.46. The zero-order valence-electron chi connectivity index (χ0n) is 18.2. The molecule has 2 aromatic heterocycles. The van der Waals surface area contributed by atoms with Gasteiger partial charge in [0.25, 0.3) is 11.3 Å². The van der Waals surface area contributed by atoms with Crippen molar-refractivity contribution >= 4 is 46.5 Å². The second-order valence-electron chi connectivity index (χ2n) is 7.83. The third kappa shape index (κ3) is 5.74. The van der Waals surface area contributed by atoms with Crippen LogP contribution in [0.2, 0.25) is 5.02 Å². The highest BCUT2D eigenvalue weighted by molar-refractivity contribution is 7.98. The largest absolute Gasteiger partial charge is 0.323 e. The molecule has 4 rings (SSSR count). The fraction of sp³-hybridized carbons (Fsp3) is 0.217. The highest BCUT2D eigenvalue weighted by atomic mass is 35.5. The quantitative estimate of drug-likeness (QED) is 0.356. The van der Waals surface area contributed by atoms with Gasteiger partial charge in [-0.1, -0.05) is 43.6 Å². The van der Waals surface area contributed by atoms with Gasteiger partial charge < -0.3 is 10.6 Å². The van der Waals surface area contributed by atoms with Gasteiger partial charge in [-0.3, -0.25) is 9.48 Å². The van der Waals surface area contributed by atoms with Gasteiger partial charge in [0.15, 0.2) is 0 Å². The number of hydrogen-bond donors (Lipinski definition) is 2. The molecule has 0 radical (unpaired) electrons. The van der Waals surface area contributed by atoms with Gasteiger partial charge in [0.2, 0.25) is 0 Å². The van der Waals surface area contributed by atoms with Crippen molar-refractivity contribution in [2.45, 2.75) is 31.0 Å². The lowest BCUT2D eigenvalue weighted by molar-refractivity contribution is 0.262. The van der Waals surface area contributed by atoms with Crippen LogP contribution in [0.4, 0.5) is 16.2 Å². The molecule has 0 unspecified atom stereocenters. The average molecular weight is 483 g/mol. The molecule has 0 atom stereocenters. The molecule has 0 aliphatic carbocycles. The van der Waals surface area contributed by atoms with Gasteiger partial charge in [-0.2, -0.15) is 9.50 Å². The SMILES string of the molecule is CC(C)Cn1cnc2nc(CSc3ccccc3NC(=O)Nc3cccc(Cl)c3)cc(=O)n21. The summed E-state index contributed by atoms with van der Waals surface area (Å²) in [5.74, 6) is 1.22. The van der Waals surface area contributed by atoms with Crippen molar-refractivity contribution in [3.05, 3.63) is 82.0 Å². The number of thioether (sulfide) groups is 1. The summed E-state index contributed by atoms with van der Waals surface area (Å²) in [5.41, 5.74) is 1.71. The number of aromatic nitrogens is 4. The van der Waals surface area contributed by atoms with Crippen molar-refractivity contribution in [1.29, 1.82) is 0 Å². The van der Waals surface area contributed by atoms with E-state index >= 15 is 0 Å². The van der Waals surface area contributed by atoms with Crippen molar-refractivity contribution < 1.29 is 4.79 Å². The number of rotatable bonds is 7. The number of nitrogens with one attached hydrogen (secondary N) is 2. The van der Waals surface area contributed by atoms with Crippen LogP contribution in [-0.2, 0) is 12.3 Å². The summed E-state index contributed by atoms with van der Waals surface area (Å²) < 4.78 is 3.27. The number of halogens is 1. The van der Waals surface area contributed by atoms with Crippen LogP contribution in [0.1, 0.15) is 19.5 Å². The monoisotopic (exact) mass is 482 g/mol. The lowest BCUT2D eigenvalue weighted by Gasteiger charge is -2.12. The van der Waals surface area contributed by atoms with E-state index in [4.69, 9.17) is 11.6 Å². The number of fused-ring (bicyclic) bond motifs is 1. The van der Waals surface area contributed by atoms with Gasteiger partial charge in [-0.25, -0.2) is 9.78 Å². The fourth-order valence-corrected chi connectivity index (χ4v) is 4.37. The minimum absolute atomic E-state index is 0.166. The van der Waals surface area contributed by atoms with Crippen LogP contribution in [0.3, 0.4) is 0 Å². The van der Waals surface area contributed by atoms with Gasteiger partial charge in [-0.05, 0) is 36.2 Å². The van der Waals surface area contributed by atoms with E-state index in [1.54, 1.807) is 35.3 Å². The summed E-state index contributed by atoms with van der Waals surface area (Å²) in [6.07, 6.45) is 1.64. The van der Waals surface area contributed by atoms with E-state index in [2.05, 4.69) is 34.4 Å². The highest BCUT2D eigenvalue weighted by Crippen LogP contribution is 2.29. The minimum Gasteiger partial charge on any atom is -0.308 e. The topological polar surface area (TPSA) is 93.3 Å². The molecule has 0 saturated carbocycles. The number of carbonyl (C=O) groups is 1. The lowest BCUT2D eigenvalue weighted by atomic mass is 10.2. The standard InChI is InChI=1S/C23H23ClN6O2S/c1-15(2)12-29-14-25-22-26-18(11-21(31)30(22)29)13-33-20-9-4-3-8-19(20)28-23(32)27-17-7-5-6-16(24)10-17/h3-11,14-15H,12-13H2,1-2H3,(H2,27,28,32). The molecule has 2 heterocycles. The Kier molecular flexibility index (Phi) is 7.00. The van der Waals surface area contributed by atoms with Crippen LogP contribution in [0.25, 0.3) is 5.78 Å². The number of benzene rings is 2. The Morgan fingerprint density at radius 1 is 1.12 bits per heavy atom.